The molecule has 0 aliphatic rings. The van der Waals surface area contributed by atoms with Gasteiger partial charge in [0.2, 0.25) is 5.91 Å². The molecule has 0 saturated carbocycles. The molecule has 0 unspecified atom stereocenters. The normalized spacial score (nSPS) is 10.4. The number of pyridine rings is 1. The molecule has 0 aliphatic heterocycles. The maximum Gasteiger partial charge on any atom is 0.258 e. The Balaban J connectivity index is 2.30. The lowest BCUT2D eigenvalue weighted by Gasteiger charge is -2.13. The zero-order chi connectivity index (χ0) is 17.0. The zero-order valence-electron chi connectivity index (χ0n) is 13.3. The van der Waals surface area contributed by atoms with Crippen LogP contribution in [0, 0.1) is 20.8 Å². The molecule has 0 saturated heterocycles. The van der Waals surface area contributed by atoms with Gasteiger partial charge in [0.15, 0.2) is 0 Å². The average molecular weight is 329 g/mol. The van der Waals surface area contributed by atoms with Crippen LogP contribution in [0.5, 0.6) is 0 Å². The summed E-state index contributed by atoms with van der Waals surface area (Å²) in [5.41, 5.74) is 9.11. The van der Waals surface area contributed by atoms with Crippen molar-refractivity contribution in [1.29, 1.82) is 0 Å². The molecule has 1 aromatic carbocycles. The van der Waals surface area contributed by atoms with Crippen LogP contribution >= 0.6 is 11.8 Å². The van der Waals surface area contributed by atoms with Crippen LogP contribution in [-0.2, 0) is 4.79 Å². The highest BCUT2D eigenvalue weighted by molar-refractivity contribution is 8.00. The van der Waals surface area contributed by atoms with Crippen molar-refractivity contribution < 1.29 is 9.59 Å². The van der Waals surface area contributed by atoms with Crippen LogP contribution in [0.4, 0.5) is 5.69 Å². The van der Waals surface area contributed by atoms with Crippen molar-refractivity contribution in [2.24, 2.45) is 5.73 Å². The minimum atomic E-state index is -0.444. The summed E-state index contributed by atoms with van der Waals surface area (Å²) >= 11 is 1.18. The summed E-state index contributed by atoms with van der Waals surface area (Å²) < 4.78 is 0. The quantitative estimate of drug-likeness (QED) is 0.826. The van der Waals surface area contributed by atoms with E-state index in [1.54, 1.807) is 0 Å². The number of aryl methyl sites for hydroxylation is 3. The molecule has 0 bridgehead atoms. The average Bonchev–Trinajstić information content (AvgIpc) is 2.46. The Labute approximate surface area is 139 Å². The van der Waals surface area contributed by atoms with E-state index in [9.17, 15) is 9.59 Å². The van der Waals surface area contributed by atoms with Crippen LogP contribution in [0.2, 0.25) is 0 Å². The number of nitrogens with one attached hydrogen (secondary N) is 1. The molecule has 23 heavy (non-hydrogen) atoms. The van der Waals surface area contributed by atoms with Crippen molar-refractivity contribution in [1.82, 2.24) is 4.98 Å². The number of carbonyl (C=O) groups is 2. The maximum absolute atomic E-state index is 12.6. The number of nitrogens with two attached hydrogens (primary N) is 1. The number of hydrogen-bond acceptors (Lipinski definition) is 4. The van der Waals surface area contributed by atoms with Crippen LogP contribution < -0.4 is 11.1 Å². The summed E-state index contributed by atoms with van der Waals surface area (Å²) in [5, 5.41) is 3.38. The number of thioether (sulfide) groups is 1. The highest BCUT2D eigenvalue weighted by atomic mass is 32.2. The summed E-state index contributed by atoms with van der Waals surface area (Å²) in [7, 11) is 0. The summed E-state index contributed by atoms with van der Waals surface area (Å²) in [5.74, 6) is -0.604. The fourth-order valence-corrected chi connectivity index (χ4v) is 3.04. The first-order valence-electron chi connectivity index (χ1n) is 7.14. The van der Waals surface area contributed by atoms with Gasteiger partial charge >= 0.3 is 0 Å². The van der Waals surface area contributed by atoms with Gasteiger partial charge in [-0.05, 0) is 44.5 Å². The van der Waals surface area contributed by atoms with Crippen LogP contribution in [0.25, 0.3) is 0 Å². The number of benzene rings is 1. The molecule has 120 valence electrons. The van der Waals surface area contributed by atoms with Crippen molar-refractivity contribution in [3.05, 3.63) is 52.7 Å². The van der Waals surface area contributed by atoms with Gasteiger partial charge < -0.3 is 11.1 Å². The molecular formula is C17H19N3O2S. The SMILES string of the molecule is Cc1ccc(NC(=O)c2c(C)cc(C)nc2SCC(N)=O)cc1. The number of nitrogens with zero attached hydrogens (tertiary/aromatic N) is 1. The molecule has 2 rings (SSSR count). The van der Waals surface area contributed by atoms with Crippen molar-refractivity contribution in [2.75, 3.05) is 11.1 Å². The van der Waals surface area contributed by atoms with E-state index in [-0.39, 0.29) is 11.7 Å². The third-order valence-corrected chi connectivity index (χ3v) is 4.20. The molecule has 5 nitrogen and oxygen atoms in total. The summed E-state index contributed by atoms with van der Waals surface area (Å²) in [6, 6.07) is 9.40. The lowest BCUT2D eigenvalue weighted by molar-refractivity contribution is -0.115. The maximum atomic E-state index is 12.6. The third kappa shape index (κ3) is 4.56. The second-order valence-corrected chi connectivity index (χ2v) is 6.30. The lowest BCUT2D eigenvalue weighted by Crippen LogP contribution is -2.17. The zero-order valence-corrected chi connectivity index (χ0v) is 14.2. The Kier molecular flexibility index (Phi) is 5.39. The van der Waals surface area contributed by atoms with E-state index in [4.69, 9.17) is 5.73 Å². The van der Waals surface area contributed by atoms with E-state index in [0.717, 1.165) is 16.8 Å². The number of amides is 2. The van der Waals surface area contributed by atoms with Gasteiger partial charge in [-0.1, -0.05) is 29.5 Å². The Morgan fingerprint density at radius 3 is 2.43 bits per heavy atom. The molecular weight excluding hydrogens is 310 g/mol. The van der Waals surface area contributed by atoms with E-state index in [1.165, 1.54) is 11.8 Å². The van der Waals surface area contributed by atoms with Crippen LogP contribution in [0.15, 0.2) is 35.4 Å². The van der Waals surface area contributed by atoms with Gasteiger partial charge in [0.1, 0.15) is 5.03 Å². The van der Waals surface area contributed by atoms with Gasteiger partial charge in [-0.15, -0.1) is 0 Å². The second kappa shape index (κ2) is 7.28. The van der Waals surface area contributed by atoms with Crippen molar-refractivity contribution in [2.45, 2.75) is 25.8 Å². The van der Waals surface area contributed by atoms with Gasteiger partial charge in [-0.2, -0.15) is 0 Å². The predicted octanol–water partition coefficient (Wildman–Crippen LogP) is 2.84. The van der Waals surface area contributed by atoms with Crippen LogP contribution in [-0.4, -0.2) is 22.6 Å². The number of carbonyl (C=O) groups excluding carboxylic acids is 2. The van der Waals surface area contributed by atoms with E-state index in [1.807, 2.05) is 51.1 Å². The molecule has 0 radical (unpaired) electrons. The van der Waals surface area contributed by atoms with Crippen molar-refractivity contribution >= 4 is 29.3 Å². The number of hydrogen-bond donors (Lipinski definition) is 2. The number of anilines is 1. The topological polar surface area (TPSA) is 85.1 Å². The summed E-state index contributed by atoms with van der Waals surface area (Å²) in [6.07, 6.45) is 0. The monoisotopic (exact) mass is 329 g/mol. The molecule has 2 aromatic rings. The molecule has 0 aliphatic carbocycles. The standard InChI is InChI=1S/C17H19N3O2S/c1-10-4-6-13(7-5-10)20-16(22)15-11(2)8-12(3)19-17(15)23-9-14(18)21/h4-8H,9H2,1-3H3,(H2,18,21)(H,20,22). The Hall–Kier alpha value is -2.34. The van der Waals surface area contributed by atoms with Crippen molar-refractivity contribution in [3.8, 4) is 0 Å². The summed E-state index contributed by atoms with van der Waals surface area (Å²) in [6.45, 7) is 5.69. The highest BCUT2D eigenvalue weighted by Gasteiger charge is 2.18. The van der Waals surface area contributed by atoms with Crippen LogP contribution in [0.1, 0.15) is 27.2 Å². The molecule has 0 fully saturated rings. The van der Waals surface area contributed by atoms with Gasteiger partial charge in [-0.25, -0.2) is 4.98 Å². The van der Waals surface area contributed by atoms with E-state index in [0.29, 0.717) is 16.3 Å². The predicted molar refractivity (Wildman–Crippen MR) is 92.8 cm³/mol. The molecule has 3 N–H and O–H groups in total. The Morgan fingerprint density at radius 1 is 1.17 bits per heavy atom. The summed E-state index contributed by atoms with van der Waals surface area (Å²) in [4.78, 5) is 28.0. The molecule has 1 aromatic heterocycles. The molecule has 0 atom stereocenters. The van der Waals surface area contributed by atoms with E-state index in [2.05, 4.69) is 10.3 Å². The van der Waals surface area contributed by atoms with Crippen molar-refractivity contribution in [3.63, 3.8) is 0 Å². The molecule has 0 spiro atoms. The Morgan fingerprint density at radius 2 is 1.83 bits per heavy atom. The molecule has 1 heterocycles. The minimum Gasteiger partial charge on any atom is -0.369 e. The molecule has 6 heteroatoms. The van der Waals surface area contributed by atoms with Gasteiger partial charge in [-0.3, -0.25) is 9.59 Å². The number of primary amides is 1. The fraction of sp³-hybridized carbons (Fsp3) is 0.235. The smallest absolute Gasteiger partial charge is 0.258 e. The minimum absolute atomic E-state index is 0.0840. The third-order valence-electron chi connectivity index (χ3n) is 3.20. The van der Waals surface area contributed by atoms with E-state index >= 15 is 0 Å². The van der Waals surface area contributed by atoms with Gasteiger partial charge in [0.05, 0.1) is 11.3 Å². The first-order chi connectivity index (χ1) is 10.9. The van der Waals surface area contributed by atoms with Crippen LogP contribution in [0.3, 0.4) is 0 Å². The first kappa shape index (κ1) is 17.0. The highest BCUT2D eigenvalue weighted by Crippen LogP contribution is 2.25. The molecule has 2 amide bonds. The van der Waals surface area contributed by atoms with E-state index < -0.39 is 5.91 Å². The first-order valence-corrected chi connectivity index (χ1v) is 8.12. The Bertz CT molecular complexity index is 742. The number of rotatable bonds is 5. The van der Waals surface area contributed by atoms with Gasteiger partial charge in [0, 0.05) is 11.4 Å². The second-order valence-electron chi connectivity index (χ2n) is 5.34. The fourth-order valence-electron chi connectivity index (χ4n) is 2.15. The lowest BCUT2D eigenvalue weighted by atomic mass is 10.1. The number of aromatic nitrogens is 1. The van der Waals surface area contributed by atoms with Gasteiger partial charge in [0.25, 0.3) is 5.91 Å². The largest absolute Gasteiger partial charge is 0.369 e.